The van der Waals surface area contributed by atoms with Crippen molar-refractivity contribution in [2.45, 2.75) is 18.4 Å². The number of nitrogen functional groups attached to an aromatic ring is 1. The van der Waals surface area contributed by atoms with Gasteiger partial charge in [0.15, 0.2) is 0 Å². The summed E-state index contributed by atoms with van der Waals surface area (Å²) in [6, 6.07) is 8.28. The van der Waals surface area contributed by atoms with E-state index in [4.69, 9.17) is 10.8 Å². The van der Waals surface area contributed by atoms with Crippen LogP contribution in [0, 0.1) is 12.7 Å². The molecule has 0 aromatic heterocycles. The van der Waals surface area contributed by atoms with Gasteiger partial charge in [-0.1, -0.05) is 12.1 Å². The third-order valence-corrected chi connectivity index (χ3v) is 4.40. The molecule has 21 heavy (non-hydrogen) atoms. The van der Waals surface area contributed by atoms with Gasteiger partial charge in [0.1, 0.15) is 10.7 Å². The van der Waals surface area contributed by atoms with E-state index in [0.29, 0.717) is 11.1 Å². The number of nitrogens with one attached hydrogen (secondary N) is 1. The Hall–Kier alpha value is -2.12. The number of aliphatic hydroxyl groups excluding tert-OH is 1. The summed E-state index contributed by atoms with van der Waals surface area (Å²) in [7, 11) is -4.07. The second-order valence-corrected chi connectivity index (χ2v) is 6.25. The molecule has 0 bridgehead atoms. The predicted molar refractivity (Wildman–Crippen MR) is 78.7 cm³/mol. The Balaban J connectivity index is 2.35. The lowest BCUT2D eigenvalue weighted by atomic mass is 10.2. The van der Waals surface area contributed by atoms with Crippen LogP contribution in [0.5, 0.6) is 0 Å². The molecule has 7 heteroatoms. The van der Waals surface area contributed by atoms with Crippen LogP contribution in [0.4, 0.5) is 15.8 Å². The van der Waals surface area contributed by atoms with Crippen LogP contribution in [-0.4, -0.2) is 13.5 Å². The monoisotopic (exact) mass is 310 g/mol. The first-order valence-corrected chi connectivity index (χ1v) is 7.60. The van der Waals surface area contributed by atoms with E-state index in [0.717, 1.165) is 12.1 Å². The van der Waals surface area contributed by atoms with Crippen molar-refractivity contribution >= 4 is 21.4 Å². The van der Waals surface area contributed by atoms with Gasteiger partial charge in [0.2, 0.25) is 0 Å². The third kappa shape index (κ3) is 3.32. The molecule has 112 valence electrons. The van der Waals surface area contributed by atoms with Crippen molar-refractivity contribution in [3.63, 3.8) is 0 Å². The third-order valence-electron chi connectivity index (χ3n) is 3.00. The summed E-state index contributed by atoms with van der Waals surface area (Å²) in [4.78, 5) is -0.503. The maximum absolute atomic E-state index is 13.8. The number of hydrogen-bond acceptors (Lipinski definition) is 4. The van der Waals surface area contributed by atoms with Gasteiger partial charge in [-0.3, -0.25) is 4.72 Å². The molecular formula is C14H15FN2O3S. The van der Waals surface area contributed by atoms with Crippen LogP contribution >= 0.6 is 0 Å². The maximum atomic E-state index is 13.8. The number of anilines is 2. The van der Waals surface area contributed by atoms with Crippen LogP contribution in [0.25, 0.3) is 0 Å². The van der Waals surface area contributed by atoms with Crippen molar-refractivity contribution in [2.24, 2.45) is 0 Å². The lowest BCUT2D eigenvalue weighted by Gasteiger charge is -2.11. The fraction of sp³-hybridized carbons (Fsp3) is 0.143. The first-order chi connectivity index (χ1) is 9.83. The molecule has 0 radical (unpaired) electrons. The van der Waals surface area contributed by atoms with Gasteiger partial charge in [0.05, 0.1) is 6.61 Å². The lowest BCUT2D eigenvalue weighted by Crippen LogP contribution is -2.15. The number of aliphatic hydroxyl groups is 1. The second-order valence-electron chi connectivity index (χ2n) is 4.60. The van der Waals surface area contributed by atoms with Gasteiger partial charge in [-0.05, 0) is 42.3 Å². The smallest absolute Gasteiger partial charge is 0.264 e. The summed E-state index contributed by atoms with van der Waals surface area (Å²) >= 11 is 0. The zero-order chi connectivity index (χ0) is 15.6. The highest BCUT2D eigenvalue weighted by Gasteiger charge is 2.20. The van der Waals surface area contributed by atoms with Crippen LogP contribution < -0.4 is 10.5 Å². The summed E-state index contributed by atoms with van der Waals surface area (Å²) in [6.07, 6.45) is 0. The molecule has 0 heterocycles. The van der Waals surface area contributed by atoms with Crippen molar-refractivity contribution < 1.29 is 17.9 Å². The zero-order valence-corrected chi connectivity index (χ0v) is 12.1. The SMILES string of the molecule is Cc1cc(F)c(S(=O)(=O)Nc2ccc(CO)cc2)cc1N. The molecule has 0 fully saturated rings. The average molecular weight is 310 g/mol. The normalized spacial score (nSPS) is 11.4. The largest absolute Gasteiger partial charge is 0.398 e. The molecular weight excluding hydrogens is 295 g/mol. The summed E-state index contributed by atoms with van der Waals surface area (Å²) in [5.74, 6) is -0.860. The molecule has 2 rings (SSSR count). The van der Waals surface area contributed by atoms with Crippen molar-refractivity contribution in [2.75, 3.05) is 10.5 Å². The number of aryl methyl sites for hydroxylation is 1. The molecule has 5 nitrogen and oxygen atoms in total. The summed E-state index contributed by atoms with van der Waals surface area (Å²) < 4.78 is 40.5. The van der Waals surface area contributed by atoms with Gasteiger partial charge in [-0.2, -0.15) is 0 Å². The van der Waals surface area contributed by atoms with E-state index >= 15 is 0 Å². The molecule has 4 N–H and O–H groups in total. The highest BCUT2D eigenvalue weighted by molar-refractivity contribution is 7.92. The molecule has 0 aliphatic rings. The van der Waals surface area contributed by atoms with Gasteiger partial charge in [-0.15, -0.1) is 0 Å². The minimum absolute atomic E-state index is 0.143. The number of nitrogens with two attached hydrogens (primary N) is 1. The summed E-state index contributed by atoms with van der Waals surface area (Å²) in [5.41, 5.74) is 7.21. The van der Waals surface area contributed by atoms with Crippen LogP contribution in [0.15, 0.2) is 41.3 Å². The Bertz CT molecular complexity index is 759. The van der Waals surface area contributed by atoms with Crippen LogP contribution in [-0.2, 0) is 16.6 Å². The molecule has 0 aliphatic heterocycles. The van der Waals surface area contributed by atoms with E-state index in [1.807, 2.05) is 0 Å². The quantitative estimate of drug-likeness (QED) is 0.753. The molecule has 0 atom stereocenters. The fourth-order valence-electron chi connectivity index (χ4n) is 1.76. The second kappa shape index (κ2) is 5.71. The molecule has 0 aliphatic carbocycles. The number of halogens is 1. The van der Waals surface area contributed by atoms with E-state index in [-0.39, 0.29) is 18.0 Å². The minimum atomic E-state index is -4.07. The number of sulfonamides is 1. The average Bonchev–Trinajstić information content (AvgIpc) is 2.43. The van der Waals surface area contributed by atoms with Crippen molar-refractivity contribution in [3.8, 4) is 0 Å². The Kier molecular flexibility index (Phi) is 4.15. The zero-order valence-electron chi connectivity index (χ0n) is 11.3. The topological polar surface area (TPSA) is 92.4 Å². The highest BCUT2D eigenvalue weighted by atomic mass is 32.2. The Morgan fingerprint density at radius 1 is 1.24 bits per heavy atom. The Morgan fingerprint density at radius 3 is 2.43 bits per heavy atom. The van der Waals surface area contributed by atoms with E-state index < -0.39 is 20.7 Å². The van der Waals surface area contributed by atoms with Gasteiger partial charge in [0, 0.05) is 11.4 Å². The van der Waals surface area contributed by atoms with Crippen molar-refractivity contribution in [1.82, 2.24) is 0 Å². The minimum Gasteiger partial charge on any atom is -0.398 e. The van der Waals surface area contributed by atoms with Crippen LogP contribution in [0.3, 0.4) is 0 Å². The Morgan fingerprint density at radius 2 is 1.86 bits per heavy atom. The lowest BCUT2D eigenvalue weighted by molar-refractivity contribution is 0.282. The first-order valence-electron chi connectivity index (χ1n) is 6.12. The van der Waals surface area contributed by atoms with Crippen LogP contribution in [0.2, 0.25) is 0 Å². The summed E-state index contributed by atoms with van der Waals surface area (Å²) in [6.45, 7) is 1.45. The fourth-order valence-corrected chi connectivity index (χ4v) is 2.92. The molecule has 2 aromatic rings. The van der Waals surface area contributed by atoms with Gasteiger partial charge < -0.3 is 10.8 Å². The molecule has 0 saturated heterocycles. The maximum Gasteiger partial charge on any atom is 0.264 e. The molecule has 0 saturated carbocycles. The van der Waals surface area contributed by atoms with E-state index in [1.54, 1.807) is 19.1 Å². The molecule has 2 aromatic carbocycles. The van der Waals surface area contributed by atoms with E-state index in [1.165, 1.54) is 12.1 Å². The molecule has 0 spiro atoms. The van der Waals surface area contributed by atoms with Crippen molar-refractivity contribution in [1.29, 1.82) is 0 Å². The van der Waals surface area contributed by atoms with E-state index in [2.05, 4.69) is 4.72 Å². The van der Waals surface area contributed by atoms with Gasteiger partial charge in [0.25, 0.3) is 10.0 Å². The van der Waals surface area contributed by atoms with E-state index in [9.17, 15) is 12.8 Å². The number of rotatable bonds is 4. The van der Waals surface area contributed by atoms with Crippen LogP contribution in [0.1, 0.15) is 11.1 Å². The van der Waals surface area contributed by atoms with Crippen molar-refractivity contribution in [3.05, 3.63) is 53.3 Å². The summed E-state index contributed by atoms with van der Waals surface area (Å²) in [5, 5.41) is 8.93. The van der Waals surface area contributed by atoms with Gasteiger partial charge in [-0.25, -0.2) is 12.8 Å². The predicted octanol–water partition coefficient (Wildman–Crippen LogP) is 2.01. The van der Waals surface area contributed by atoms with Gasteiger partial charge >= 0.3 is 0 Å². The highest BCUT2D eigenvalue weighted by Crippen LogP contribution is 2.23. The molecule has 0 amide bonds. The number of benzene rings is 2. The molecule has 0 unspecified atom stereocenters. The first kappa shape index (κ1) is 15.3. The number of hydrogen-bond donors (Lipinski definition) is 3. The standard InChI is InChI=1S/C14H15FN2O3S/c1-9-6-12(15)14(7-13(9)16)21(19,20)17-11-4-2-10(8-18)3-5-11/h2-7,17-18H,8,16H2,1H3. The Labute approximate surface area is 122 Å².